The fourth-order valence-corrected chi connectivity index (χ4v) is 1.69. The first-order valence-corrected chi connectivity index (χ1v) is 5.97. The Hall–Kier alpha value is -1.66. The van der Waals surface area contributed by atoms with Crippen LogP contribution in [-0.2, 0) is 14.8 Å². The Kier molecular flexibility index (Phi) is 4.21. The van der Waals surface area contributed by atoms with E-state index in [9.17, 15) is 18.3 Å². The Labute approximate surface area is 93.5 Å². The van der Waals surface area contributed by atoms with Crippen molar-refractivity contribution < 1.29 is 18.3 Å². The maximum absolute atomic E-state index is 11.2. The van der Waals surface area contributed by atoms with Crippen LogP contribution in [-0.4, -0.2) is 20.9 Å². The van der Waals surface area contributed by atoms with Crippen molar-refractivity contribution >= 4 is 22.1 Å². The summed E-state index contributed by atoms with van der Waals surface area (Å²) in [4.78, 5) is 10.1. The van der Waals surface area contributed by atoms with Crippen molar-refractivity contribution in [3.8, 4) is 0 Å². The number of sulfonamides is 1. The van der Waals surface area contributed by atoms with Crippen molar-refractivity contribution in [2.75, 3.05) is 6.54 Å². The number of rotatable bonds is 5. The van der Waals surface area contributed by atoms with Crippen LogP contribution >= 0.6 is 0 Å². The summed E-state index contributed by atoms with van der Waals surface area (Å²) in [7, 11) is -3.73. The summed E-state index contributed by atoms with van der Waals surface area (Å²) < 4.78 is 24.3. The average molecular weight is 240 g/mol. The van der Waals surface area contributed by atoms with Gasteiger partial charge in [0.05, 0.1) is 12.5 Å². The maximum atomic E-state index is 11.2. The van der Waals surface area contributed by atoms with Gasteiger partial charge in [-0.2, -0.15) is 0 Å². The van der Waals surface area contributed by atoms with Gasteiger partial charge in [0.1, 0.15) is 0 Å². The fraction of sp³-hybridized carbons (Fsp3) is 0.100. The molecule has 16 heavy (non-hydrogen) atoms. The summed E-state index contributed by atoms with van der Waals surface area (Å²) in [6.07, 6.45) is 1.37. The van der Waals surface area contributed by atoms with E-state index in [1.165, 1.54) is 6.08 Å². The highest BCUT2D eigenvalue weighted by Crippen LogP contribution is 2.02. The molecule has 86 valence electrons. The lowest BCUT2D eigenvalue weighted by atomic mass is 10.2. The molecule has 1 N–H and O–H groups in total. The Morgan fingerprint density at radius 2 is 1.94 bits per heavy atom. The average Bonchev–Trinajstić information content (AvgIpc) is 2.26. The van der Waals surface area contributed by atoms with Crippen molar-refractivity contribution in [3.05, 3.63) is 41.3 Å². The number of aliphatic carboxylic acids is 1. The lowest BCUT2D eigenvalue weighted by molar-refractivity contribution is -0.303. The van der Waals surface area contributed by atoms with Crippen molar-refractivity contribution in [2.45, 2.75) is 0 Å². The predicted molar refractivity (Wildman–Crippen MR) is 57.4 cm³/mol. The van der Waals surface area contributed by atoms with Crippen molar-refractivity contribution in [1.29, 1.82) is 0 Å². The van der Waals surface area contributed by atoms with Gasteiger partial charge < -0.3 is 9.90 Å². The van der Waals surface area contributed by atoms with E-state index in [1.807, 2.05) is 4.72 Å². The molecule has 0 amide bonds. The Morgan fingerprint density at radius 3 is 2.50 bits per heavy atom. The molecule has 0 saturated carbocycles. The SMILES string of the molecule is O=C([O-])CNS(=O)(=O)C=Cc1ccccc1. The number of nitrogens with one attached hydrogen (secondary N) is 1. The lowest BCUT2D eigenvalue weighted by Gasteiger charge is -2.02. The molecule has 0 aliphatic rings. The van der Waals surface area contributed by atoms with Gasteiger partial charge in [-0.05, 0) is 11.6 Å². The zero-order valence-corrected chi connectivity index (χ0v) is 9.11. The number of carboxylic acids is 1. The highest BCUT2D eigenvalue weighted by molar-refractivity contribution is 7.92. The van der Waals surface area contributed by atoms with Gasteiger partial charge in [-0.3, -0.25) is 0 Å². The molecule has 0 fully saturated rings. The van der Waals surface area contributed by atoms with Gasteiger partial charge in [-0.1, -0.05) is 30.3 Å². The molecule has 0 bridgehead atoms. The number of hydrogen-bond acceptors (Lipinski definition) is 4. The summed E-state index contributed by atoms with van der Waals surface area (Å²) in [6.45, 7) is -0.735. The van der Waals surface area contributed by atoms with Crippen LogP contribution in [0.1, 0.15) is 5.56 Å². The number of hydrogen-bond donors (Lipinski definition) is 1. The van der Waals surface area contributed by atoms with E-state index in [1.54, 1.807) is 30.3 Å². The molecule has 1 aromatic carbocycles. The minimum atomic E-state index is -3.73. The summed E-state index contributed by atoms with van der Waals surface area (Å²) in [5, 5.41) is 11.0. The van der Waals surface area contributed by atoms with E-state index in [0.717, 1.165) is 5.41 Å². The molecule has 0 saturated heterocycles. The zero-order chi connectivity index (χ0) is 12.0. The molecule has 0 atom stereocenters. The molecule has 0 radical (unpaired) electrons. The van der Waals surface area contributed by atoms with Crippen LogP contribution in [0.2, 0.25) is 0 Å². The Balaban J connectivity index is 2.66. The second-order valence-electron chi connectivity index (χ2n) is 2.95. The third-order valence-electron chi connectivity index (χ3n) is 1.66. The van der Waals surface area contributed by atoms with Crippen LogP contribution in [0, 0.1) is 0 Å². The molecular formula is C10H10NO4S-. The maximum Gasteiger partial charge on any atom is 0.234 e. The number of carboxylic acid groups (broad SMARTS) is 1. The molecule has 0 unspecified atom stereocenters. The fourth-order valence-electron chi connectivity index (χ4n) is 0.940. The molecule has 5 nitrogen and oxygen atoms in total. The van der Waals surface area contributed by atoms with Gasteiger partial charge in [0, 0.05) is 5.41 Å². The molecule has 0 aromatic heterocycles. The summed E-state index contributed by atoms with van der Waals surface area (Å²) in [6, 6.07) is 8.79. The lowest BCUT2D eigenvalue weighted by Crippen LogP contribution is -2.36. The molecule has 0 spiro atoms. The minimum absolute atomic E-state index is 0.710. The number of carbonyl (C=O) groups is 1. The summed E-state index contributed by atoms with van der Waals surface area (Å²) in [5.74, 6) is -1.48. The van der Waals surface area contributed by atoms with Crippen molar-refractivity contribution in [3.63, 3.8) is 0 Å². The van der Waals surface area contributed by atoms with Gasteiger partial charge in [0.25, 0.3) is 0 Å². The number of benzene rings is 1. The van der Waals surface area contributed by atoms with Crippen molar-refractivity contribution in [1.82, 2.24) is 4.72 Å². The van der Waals surface area contributed by atoms with Gasteiger partial charge in [-0.25, -0.2) is 13.1 Å². The van der Waals surface area contributed by atoms with Crippen LogP contribution in [0.4, 0.5) is 0 Å². The third-order valence-corrected chi connectivity index (χ3v) is 2.70. The van der Waals surface area contributed by atoms with Gasteiger partial charge in [0.2, 0.25) is 10.0 Å². The van der Waals surface area contributed by atoms with E-state index in [-0.39, 0.29) is 0 Å². The molecule has 6 heteroatoms. The van der Waals surface area contributed by atoms with Crippen LogP contribution in [0.5, 0.6) is 0 Å². The molecule has 1 rings (SSSR count). The normalized spacial score (nSPS) is 11.8. The second-order valence-corrected chi connectivity index (χ2v) is 4.60. The quantitative estimate of drug-likeness (QED) is 0.739. The first-order chi connectivity index (χ1) is 7.49. The van der Waals surface area contributed by atoms with Crippen LogP contribution in [0.25, 0.3) is 6.08 Å². The van der Waals surface area contributed by atoms with Gasteiger partial charge >= 0.3 is 0 Å². The summed E-state index contributed by atoms with van der Waals surface area (Å²) >= 11 is 0. The summed E-state index contributed by atoms with van der Waals surface area (Å²) in [5.41, 5.74) is 0.710. The van der Waals surface area contributed by atoms with Gasteiger partial charge in [0.15, 0.2) is 0 Å². The molecular weight excluding hydrogens is 230 g/mol. The minimum Gasteiger partial charge on any atom is -0.549 e. The third kappa shape index (κ3) is 4.72. The van der Waals surface area contributed by atoms with Crippen LogP contribution in [0.15, 0.2) is 35.7 Å². The van der Waals surface area contributed by atoms with E-state index in [2.05, 4.69) is 0 Å². The predicted octanol–water partition coefficient (Wildman–Crippen LogP) is -0.673. The number of carbonyl (C=O) groups excluding carboxylic acids is 1. The standard InChI is InChI=1S/C10H11NO4S/c12-10(13)8-11-16(14,15)7-6-9-4-2-1-3-5-9/h1-7,11H,8H2,(H,12,13)/p-1. The first kappa shape index (κ1) is 12.4. The molecule has 0 aliphatic carbocycles. The van der Waals surface area contributed by atoms with E-state index in [4.69, 9.17) is 0 Å². The van der Waals surface area contributed by atoms with E-state index >= 15 is 0 Å². The van der Waals surface area contributed by atoms with Crippen LogP contribution < -0.4 is 9.83 Å². The van der Waals surface area contributed by atoms with Gasteiger partial charge in [-0.15, -0.1) is 0 Å². The first-order valence-electron chi connectivity index (χ1n) is 4.42. The Bertz CT molecular complexity index is 479. The topological polar surface area (TPSA) is 86.3 Å². The smallest absolute Gasteiger partial charge is 0.234 e. The highest BCUT2D eigenvalue weighted by Gasteiger charge is 2.03. The van der Waals surface area contributed by atoms with E-state index < -0.39 is 22.5 Å². The van der Waals surface area contributed by atoms with E-state index in [0.29, 0.717) is 5.56 Å². The molecule has 0 aliphatic heterocycles. The second kappa shape index (κ2) is 5.43. The van der Waals surface area contributed by atoms with Crippen molar-refractivity contribution in [2.24, 2.45) is 0 Å². The molecule has 1 aromatic rings. The highest BCUT2D eigenvalue weighted by atomic mass is 32.2. The van der Waals surface area contributed by atoms with Crippen LogP contribution in [0.3, 0.4) is 0 Å². The Morgan fingerprint density at radius 1 is 1.31 bits per heavy atom. The monoisotopic (exact) mass is 240 g/mol. The molecule has 0 heterocycles. The largest absolute Gasteiger partial charge is 0.549 e. The zero-order valence-electron chi connectivity index (χ0n) is 8.29.